The SMILES string of the molecule is O=C(CCCc1cccs1)Nc1cccc(S(=O)(=O)Nc2ccccc2Cl)c1. The minimum Gasteiger partial charge on any atom is -0.326 e. The zero-order valence-corrected chi connectivity index (χ0v) is 17.3. The zero-order valence-electron chi connectivity index (χ0n) is 14.9. The van der Waals surface area contributed by atoms with Crippen LogP contribution in [-0.2, 0) is 21.2 Å². The first-order valence-electron chi connectivity index (χ1n) is 8.64. The van der Waals surface area contributed by atoms with Gasteiger partial charge in [-0.05, 0) is 54.6 Å². The van der Waals surface area contributed by atoms with Crippen molar-refractivity contribution in [1.82, 2.24) is 0 Å². The molecule has 1 aromatic heterocycles. The molecule has 0 saturated carbocycles. The third-order valence-corrected chi connectivity index (χ3v) is 6.58. The molecule has 1 amide bonds. The molecule has 2 N–H and O–H groups in total. The average Bonchev–Trinajstić information content (AvgIpc) is 3.17. The fourth-order valence-corrected chi connectivity index (χ4v) is 4.71. The van der Waals surface area contributed by atoms with E-state index < -0.39 is 10.0 Å². The summed E-state index contributed by atoms with van der Waals surface area (Å²) in [4.78, 5) is 13.4. The molecule has 0 bridgehead atoms. The second kappa shape index (κ2) is 9.23. The monoisotopic (exact) mass is 434 g/mol. The van der Waals surface area contributed by atoms with Gasteiger partial charge in [-0.1, -0.05) is 35.9 Å². The number of amides is 1. The number of anilines is 2. The highest BCUT2D eigenvalue weighted by Gasteiger charge is 2.16. The van der Waals surface area contributed by atoms with Crippen molar-refractivity contribution in [3.63, 3.8) is 0 Å². The quantitative estimate of drug-likeness (QED) is 0.514. The molecule has 0 radical (unpaired) electrons. The van der Waals surface area contributed by atoms with E-state index in [1.165, 1.54) is 17.0 Å². The van der Waals surface area contributed by atoms with Gasteiger partial charge in [0, 0.05) is 17.0 Å². The van der Waals surface area contributed by atoms with E-state index in [1.54, 1.807) is 47.7 Å². The number of halogens is 1. The molecule has 8 heteroatoms. The van der Waals surface area contributed by atoms with Crippen molar-refractivity contribution in [2.45, 2.75) is 24.2 Å². The average molecular weight is 435 g/mol. The van der Waals surface area contributed by atoms with E-state index >= 15 is 0 Å². The first kappa shape index (κ1) is 20.4. The molecule has 0 aliphatic rings. The molecule has 0 unspecified atom stereocenters. The maximum absolute atomic E-state index is 12.6. The maximum atomic E-state index is 12.6. The van der Waals surface area contributed by atoms with E-state index in [9.17, 15) is 13.2 Å². The van der Waals surface area contributed by atoms with Crippen LogP contribution >= 0.6 is 22.9 Å². The summed E-state index contributed by atoms with van der Waals surface area (Å²) in [5.41, 5.74) is 0.732. The highest BCUT2D eigenvalue weighted by atomic mass is 35.5. The summed E-state index contributed by atoms with van der Waals surface area (Å²) >= 11 is 7.69. The normalized spacial score (nSPS) is 11.2. The Morgan fingerprint density at radius 3 is 2.61 bits per heavy atom. The highest BCUT2D eigenvalue weighted by molar-refractivity contribution is 7.92. The second-order valence-corrected chi connectivity index (χ2v) is 9.22. The van der Waals surface area contributed by atoms with Crippen molar-refractivity contribution in [1.29, 1.82) is 0 Å². The van der Waals surface area contributed by atoms with Crippen LogP contribution in [0.4, 0.5) is 11.4 Å². The molecule has 28 heavy (non-hydrogen) atoms. The van der Waals surface area contributed by atoms with Crippen LogP contribution in [0, 0.1) is 0 Å². The number of benzene rings is 2. The maximum Gasteiger partial charge on any atom is 0.262 e. The van der Waals surface area contributed by atoms with Gasteiger partial charge in [0.05, 0.1) is 15.6 Å². The summed E-state index contributed by atoms with van der Waals surface area (Å²) in [5.74, 6) is -0.148. The Morgan fingerprint density at radius 2 is 1.86 bits per heavy atom. The summed E-state index contributed by atoms with van der Waals surface area (Å²) in [6.45, 7) is 0. The number of carbonyl (C=O) groups excluding carboxylic acids is 1. The smallest absolute Gasteiger partial charge is 0.262 e. The van der Waals surface area contributed by atoms with E-state index in [0.29, 0.717) is 22.8 Å². The first-order chi connectivity index (χ1) is 13.4. The minimum absolute atomic E-state index is 0.0452. The van der Waals surface area contributed by atoms with Crippen LogP contribution in [-0.4, -0.2) is 14.3 Å². The Balaban J connectivity index is 1.62. The summed E-state index contributed by atoms with van der Waals surface area (Å²) in [5, 5.41) is 5.07. The standard InChI is InChI=1S/C20H19ClN2O3S2/c21-18-10-1-2-11-19(18)23-28(25,26)17-9-3-6-15(14-17)22-20(24)12-4-7-16-8-5-13-27-16/h1-3,5-6,8-11,13-14,23H,4,7,12H2,(H,22,24). The lowest BCUT2D eigenvalue weighted by molar-refractivity contribution is -0.116. The molecule has 5 nitrogen and oxygen atoms in total. The van der Waals surface area contributed by atoms with Crippen molar-refractivity contribution in [2.24, 2.45) is 0 Å². The molecule has 0 spiro atoms. The van der Waals surface area contributed by atoms with Gasteiger partial charge in [-0.3, -0.25) is 9.52 Å². The van der Waals surface area contributed by atoms with Crippen LogP contribution in [0.25, 0.3) is 0 Å². The molecule has 0 saturated heterocycles. The number of carbonyl (C=O) groups is 1. The topological polar surface area (TPSA) is 75.3 Å². The predicted octanol–water partition coefficient (Wildman–Crippen LogP) is 5.16. The van der Waals surface area contributed by atoms with Crippen molar-refractivity contribution in [3.8, 4) is 0 Å². The first-order valence-corrected chi connectivity index (χ1v) is 11.4. The van der Waals surface area contributed by atoms with Gasteiger partial charge in [0.2, 0.25) is 5.91 Å². The molecule has 2 aromatic carbocycles. The Bertz CT molecular complexity index is 1050. The lowest BCUT2D eigenvalue weighted by atomic mass is 10.2. The Hall–Kier alpha value is -2.35. The molecule has 0 atom stereocenters. The lowest BCUT2D eigenvalue weighted by Gasteiger charge is -2.11. The second-order valence-electron chi connectivity index (χ2n) is 6.09. The molecule has 1 heterocycles. The molecule has 0 aliphatic heterocycles. The third kappa shape index (κ3) is 5.58. The van der Waals surface area contributed by atoms with Gasteiger partial charge in [-0.25, -0.2) is 8.42 Å². The minimum atomic E-state index is -3.83. The third-order valence-electron chi connectivity index (χ3n) is 3.95. The van der Waals surface area contributed by atoms with Crippen molar-refractivity contribution in [3.05, 3.63) is 75.9 Å². The van der Waals surface area contributed by atoms with Gasteiger partial charge < -0.3 is 5.32 Å². The van der Waals surface area contributed by atoms with Crippen LogP contribution < -0.4 is 10.0 Å². The van der Waals surface area contributed by atoms with Crippen LogP contribution in [0.2, 0.25) is 5.02 Å². The number of hydrogen-bond acceptors (Lipinski definition) is 4. The highest BCUT2D eigenvalue weighted by Crippen LogP contribution is 2.25. The van der Waals surface area contributed by atoms with Gasteiger partial charge in [-0.2, -0.15) is 0 Å². The van der Waals surface area contributed by atoms with Crippen molar-refractivity contribution >= 4 is 50.2 Å². The van der Waals surface area contributed by atoms with Crippen LogP contribution in [0.5, 0.6) is 0 Å². The van der Waals surface area contributed by atoms with Gasteiger partial charge in [-0.15, -0.1) is 11.3 Å². The fraction of sp³-hybridized carbons (Fsp3) is 0.150. The van der Waals surface area contributed by atoms with Crippen molar-refractivity contribution < 1.29 is 13.2 Å². The largest absolute Gasteiger partial charge is 0.326 e. The molecule has 0 fully saturated rings. The van der Waals surface area contributed by atoms with Gasteiger partial charge in [0.1, 0.15) is 0 Å². The summed E-state index contributed by atoms with van der Waals surface area (Å²) in [6.07, 6.45) is 1.95. The Labute approximate surface area is 173 Å². The van der Waals surface area contributed by atoms with Gasteiger partial charge in [0.25, 0.3) is 10.0 Å². The van der Waals surface area contributed by atoms with E-state index in [4.69, 9.17) is 11.6 Å². The molecular formula is C20H19ClN2O3S2. The fourth-order valence-electron chi connectivity index (χ4n) is 2.59. The number of sulfonamides is 1. The summed E-state index contributed by atoms with van der Waals surface area (Å²) < 4.78 is 27.7. The van der Waals surface area contributed by atoms with E-state index in [2.05, 4.69) is 10.0 Å². The van der Waals surface area contributed by atoms with Crippen LogP contribution in [0.15, 0.2) is 70.9 Å². The van der Waals surface area contributed by atoms with Crippen LogP contribution in [0.3, 0.4) is 0 Å². The zero-order chi connectivity index (χ0) is 20.0. The van der Waals surface area contributed by atoms with E-state index in [-0.39, 0.29) is 10.8 Å². The summed E-state index contributed by atoms with van der Waals surface area (Å²) in [6, 6.07) is 16.8. The number of aryl methyl sites for hydroxylation is 1. The molecule has 3 rings (SSSR count). The number of hydrogen-bond donors (Lipinski definition) is 2. The molecule has 0 aliphatic carbocycles. The van der Waals surface area contributed by atoms with Gasteiger partial charge >= 0.3 is 0 Å². The van der Waals surface area contributed by atoms with E-state index in [1.807, 2.05) is 17.5 Å². The molecule has 146 valence electrons. The van der Waals surface area contributed by atoms with E-state index in [0.717, 1.165) is 12.8 Å². The van der Waals surface area contributed by atoms with Crippen LogP contribution in [0.1, 0.15) is 17.7 Å². The van der Waals surface area contributed by atoms with Crippen molar-refractivity contribution in [2.75, 3.05) is 10.0 Å². The Kier molecular flexibility index (Phi) is 6.72. The number of thiophene rings is 1. The summed E-state index contributed by atoms with van der Waals surface area (Å²) in [7, 11) is -3.83. The lowest BCUT2D eigenvalue weighted by Crippen LogP contribution is -2.15. The van der Waals surface area contributed by atoms with Gasteiger partial charge in [0.15, 0.2) is 0 Å². The number of nitrogens with one attached hydrogen (secondary N) is 2. The molecule has 3 aromatic rings. The number of para-hydroxylation sites is 1. The number of rotatable bonds is 8. The predicted molar refractivity (Wildman–Crippen MR) is 115 cm³/mol. The Morgan fingerprint density at radius 1 is 1.04 bits per heavy atom. The molecular weight excluding hydrogens is 416 g/mol.